The molecule has 0 fully saturated rings. The number of rotatable bonds is 8. The summed E-state index contributed by atoms with van der Waals surface area (Å²) in [6, 6.07) is 27.0. The summed E-state index contributed by atoms with van der Waals surface area (Å²) < 4.78 is 7.31. The van der Waals surface area contributed by atoms with Gasteiger partial charge in [-0.2, -0.15) is 0 Å². The molecule has 0 aliphatic rings. The number of carbonyl (C=O) groups is 1. The Morgan fingerprint density at radius 2 is 1.72 bits per heavy atom. The van der Waals surface area contributed by atoms with E-state index in [2.05, 4.69) is 15.5 Å². The van der Waals surface area contributed by atoms with Crippen LogP contribution in [0.25, 0.3) is 11.4 Å². The first-order valence-corrected chi connectivity index (χ1v) is 11.2. The van der Waals surface area contributed by atoms with Crippen LogP contribution in [-0.2, 0) is 11.3 Å². The number of ether oxygens (including phenoxy) is 1. The van der Waals surface area contributed by atoms with Crippen LogP contribution in [0.5, 0.6) is 5.75 Å². The second kappa shape index (κ2) is 10.2. The molecule has 1 amide bonds. The molecule has 4 rings (SSSR count). The predicted octanol–water partition coefficient (Wildman–Crippen LogP) is 5.45. The van der Waals surface area contributed by atoms with Crippen molar-refractivity contribution in [2.45, 2.75) is 23.9 Å². The highest BCUT2D eigenvalue weighted by Gasteiger charge is 2.26. The lowest BCUT2D eigenvalue weighted by atomic mass is 10.1. The molecular weight excluding hydrogens is 420 g/mol. The third kappa shape index (κ3) is 4.84. The molecule has 7 heteroatoms. The van der Waals surface area contributed by atoms with Gasteiger partial charge in [0.05, 0.1) is 7.11 Å². The van der Waals surface area contributed by atoms with Crippen LogP contribution in [0.15, 0.2) is 90.1 Å². The third-order valence-corrected chi connectivity index (χ3v) is 6.20. The molecule has 0 saturated carbocycles. The summed E-state index contributed by atoms with van der Waals surface area (Å²) in [5.74, 6) is 1.34. The van der Waals surface area contributed by atoms with Crippen LogP contribution in [0.4, 0.5) is 5.69 Å². The van der Waals surface area contributed by atoms with Crippen molar-refractivity contribution in [1.29, 1.82) is 0 Å². The Morgan fingerprint density at radius 1 is 1.00 bits per heavy atom. The van der Waals surface area contributed by atoms with Crippen molar-refractivity contribution in [3.05, 3.63) is 90.5 Å². The molecule has 0 spiro atoms. The molecule has 0 aliphatic heterocycles. The molecule has 4 aromatic rings. The van der Waals surface area contributed by atoms with E-state index in [1.165, 1.54) is 11.8 Å². The number of thioether (sulfide) groups is 1. The number of anilines is 1. The Kier molecular flexibility index (Phi) is 6.87. The Labute approximate surface area is 191 Å². The van der Waals surface area contributed by atoms with Crippen molar-refractivity contribution in [3.8, 4) is 17.1 Å². The minimum atomic E-state index is -0.500. The quantitative estimate of drug-likeness (QED) is 0.366. The summed E-state index contributed by atoms with van der Waals surface area (Å²) in [7, 11) is 1.60. The van der Waals surface area contributed by atoms with E-state index in [1.54, 1.807) is 13.2 Å². The lowest BCUT2D eigenvalue weighted by Crippen LogP contribution is -2.19. The monoisotopic (exact) mass is 444 g/mol. The molecule has 32 heavy (non-hydrogen) atoms. The van der Waals surface area contributed by atoms with Gasteiger partial charge in [-0.15, -0.1) is 10.2 Å². The summed E-state index contributed by atoms with van der Waals surface area (Å²) in [5, 5.41) is 12.0. The van der Waals surface area contributed by atoms with E-state index < -0.39 is 5.25 Å². The van der Waals surface area contributed by atoms with E-state index in [0.29, 0.717) is 23.1 Å². The highest BCUT2D eigenvalue weighted by atomic mass is 32.2. The summed E-state index contributed by atoms with van der Waals surface area (Å²) in [5.41, 5.74) is 2.56. The summed E-state index contributed by atoms with van der Waals surface area (Å²) in [6.07, 6.45) is 0. The first kappa shape index (κ1) is 21.6. The zero-order valence-electron chi connectivity index (χ0n) is 17.9. The second-order valence-electron chi connectivity index (χ2n) is 7.05. The number of carbonyl (C=O) groups excluding carboxylic acids is 1. The molecule has 3 aromatic carbocycles. The fourth-order valence-corrected chi connectivity index (χ4v) is 4.48. The molecule has 1 heterocycles. The number of aromatic nitrogens is 3. The molecule has 0 bridgehead atoms. The molecule has 1 atom stereocenters. The molecule has 0 aliphatic carbocycles. The molecular formula is C25H24N4O2S. The van der Waals surface area contributed by atoms with E-state index in [1.807, 2.05) is 90.4 Å². The van der Waals surface area contributed by atoms with Crippen LogP contribution in [0.3, 0.4) is 0 Å². The number of benzene rings is 3. The fraction of sp³-hybridized carbons (Fsp3) is 0.160. The highest BCUT2D eigenvalue weighted by molar-refractivity contribution is 8.00. The normalized spacial score (nSPS) is 11.7. The van der Waals surface area contributed by atoms with Gasteiger partial charge in [0.1, 0.15) is 11.0 Å². The van der Waals surface area contributed by atoms with Gasteiger partial charge in [-0.05, 0) is 24.6 Å². The fourth-order valence-electron chi connectivity index (χ4n) is 3.38. The van der Waals surface area contributed by atoms with Crippen molar-refractivity contribution in [3.63, 3.8) is 0 Å². The summed E-state index contributed by atoms with van der Waals surface area (Å²) >= 11 is 1.39. The summed E-state index contributed by atoms with van der Waals surface area (Å²) in [4.78, 5) is 13.4. The largest absolute Gasteiger partial charge is 0.497 e. The zero-order valence-corrected chi connectivity index (χ0v) is 18.8. The Balaban J connectivity index is 1.65. The van der Waals surface area contributed by atoms with Crippen molar-refractivity contribution in [1.82, 2.24) is 14.8 Å². The lowest BCUT2D eigenvalue weighted by molar-refractivity contribution is -0.115. The summed E-state index contributed by atoms with van der Waals surface area (Å²) in [6.45, 7) is 2.74. The number of nitrogens with one attached hydrogen (secondary N) is 1. The van der Waals surface area contributed by atoms with E-state index >= 15 is 0 Å². The Morgan fingerprint density at radius 3 is 2.41 bits per heavy atom. The van der Waals surface area contributed by atoms with Crippen LogP contribution in [0.2, 0.25) is 0 Å². The molecule has 0 radical (unpaired) electrons. The van der Waals surface area contributed by atoms with Crippen molar-refractivity contribution < 1.29 is 9.53 Å². The molecule has 1 aromatic heterocycles. The highest BCUT2D eigenvalue weighted by Crippen LogP contribution is 2.37. The Hall–Kier alpha value is -3.58. The van der Waals surface area contributed by atoms with Gasteiger partial charge in [0, 0.05) is 23.9 Å². The SMILES string of the molecule is CCn1c(S[C@@H](C(=O)Nc2cccc(OC)c2)c2ccccc2)nnc1-c1ccccc1. The van der Waals surface area contributed by atoms with Gasteiger partial charge in [-0.25, -0.2) is 0 Å². The van der Waals surface area contributed by atoms with Gasteiger partial charge in [-0.1, -0.05) is 78.5 Å². The van der Waals surface area contributed by atoms with Crippen LogP contribution in [0.1, 0.15) is 17.7 Å². The Bertz CT molecular complexity index is 1180. The minimum Gasteiger partial charge on any atom is -0.497 e. The molecule has 162 valence electrons. The van der Waals surface area contributed by atoms with E-state index in [0.717, 1.165) is 17.0 Å². The lowest BCUT2D eigenvalue weighted by Gasteiger charge is -2.17. The van der Waals surface area contributed by atoms with E-state index in [4.69, 9.17) is 4.74 Å². The zero-order chi connectivity index (χ0) is 22.3. The van der Waals surface area contributed by atoms with Gasteiger partial charge in [0.25, 0.3) is 0 Å². The van der Waals surface area contributed by atoms with Crippen LogP contribution in [0, 0.1) is 0 Å². The van der Waals surface area contributed by atoms with Crippen LogP contribution >= 0.6 is 11.8 Å². The maximum atomic E-state index is 13.4. The van der Waals surface area contributed by atoms with Crippen molar-refractivity contribution >= 4 is 23.4 Å². The van der Waals surface area contributed by atoms with Gasteiger partial charge >= 0.3 is 0 Å². The average molecular weight is 445 g/mol. The van der Waals surface area contributed by atoms with E-state index in [-0.39, 0.29) is 5.91 Å². The topological polar surface area (TPSA) is 69.0 Å². The van der Waals surface area contributed by atoms with Crippen molar-refractivity contribution in [2.24, 2.45) is 0 Å². The number of hydrogen-bond acceptors (Lipinski definition) is 5. The number of hydrogen-bond donors (Lipinski definition) is 1. The van der Waals surface area contributed by atoms with Gasteiger partial charge in [0.2, 0.25) is 5.91 Å². The third-order valence-electron chi connectivity index (χ3n) is 4.97. The second-order valence-corrected chi connectivity index (χ2v) is 8.12. The van der Waals surface area contributed by atoms with Gasteiger partial charge in [-0.3, -0.25) is 4.79 Å². The standard InChI is InChI=1S/C25H24N4O2S/c1-3-29-23(19-13-8-5-9-14-19)27-28-25(29)32-22(18-11-6-4-7-12-18)24(30)26-20-15-10-16-21(17-20)31-2/h4-17,22H,3H2,1-2H3,(H,26,30)/t22-/m1/s1. The predicted molar refractivity (Wildman–Crippen MR) is 128 cm³/mol. The van der Waals surface area contributed by atoms with Crippen LogP contribution in [-0.4, -0.2) is 27.8 Å². The molecule has 0 saturated heterocycles. The van der Waals surface area contributed by atoms with Gasteiger partial charge < -0.3 is 14.6 Å². The average Bonchev–Trinajstić information content (AvgIpc) is 3.26. The molecule has 6 nitrogen and oxygen atoms in total. The van der Waals surface area contributed by atoms with E-state index in [9.17, 15) is 4.79 Å². The van der Waals surface area contributed by atoms with Gasteiger partial charge in [0.15, 0.2) is 11.0 Å². The maximum Gasteiger partial charge on any atom is 0.242 e. The minimum absolute atomic E-state index is 0.138. The smallest absolute Gasteiger partial charge is 0.242 e. The molecule has 0 unspecified atom stereocenters. The number of amides is 1. The van der Waals surface area contributed by atoms with Crippen molar-refractivity contribution in [2.75, 3.05) is 12.4 Å². The number of nitrogens with zero attached hydrogens (tertiary/aromatic N) is 3. The first-order chi connectivity index (χ1) is 15.7. The van der Waals surface area contributed by atoms with Crippen LogP contribution < -0.4 is 10.1 Å². The maximum absolute atomic E-state index is 13.4. The number of methoxy groups -OCH3 is 1. The first-order valence-electron chi connectivity index (χ1n) is 10.3. The molecule has 1 N–H and O–H groups in total.